The molecule has 5 nitrogen and oxygen atoms in total. The zero-order chi connectivity index (χ0) is 20.1. The molecule has 0 radical (unpaired) electrons. The molecule has 0 aliphatic carbocycles. The van der Waals surface area contributed by atoms with E-state index in [0.717, 1.165) is 27.2 Å². The van der Waals surface area contributed by atoms with Crippen LogP contribution in [-0.2, 0) is 13.0 Å². The SMILES string of the molecule is COc1cc(CNC(=O)c2sc(Cc3ccccc3)nc2C)cc(Br)c1OC. The van der Waals surface area contributed by atoms with Gasteiger partial charge in [0.05, 0.1) is 29.4 Å². The standard InChI is InChI=1S/C21H21BrN2O3S/c1-13-20(28-18(24-13)11-14-7-5-4-6-8-14)21(25)23-12-15-9-16(22)19(27-3)17(10-15)26-2/h4-10H,11-12H2,1-3H3,(H,23,25). The van der Waals surface area contributed by atoms with E-state index < -0.39 is 0 Å². The van der Waals surface area contributed by atoms with Crippen LogP contribution in [0.2, 0.25) is 0 Å². The number of halogens is 1. The van der Waals surface area contributed by atoms with Crippen molar-refractivity contribution in [1.82, 2.24) is 10.3 Å². The molecule has 1 amide bonds. The van der Waals surface area contributed by atoms with Crippen LogP contribution >= 0.6 is 27.3 Å². The van der Waals surface area contributed by atoms with Crippen LogP contribution in [-0.4, -0.2) is 25.1 Å². The summed E-state index contributed by atoms with van der Waals surface area (Å²) >= 11 is 4.91. The van der Waals surface area contributed by atoms with Gasteiger partial charge < -0.3 is 14.8 Å². The first-order valence-electron chi connectivity index (χ1n) is 8.70. The summed E-state index contributed by atoms with van der Waals surface area (Å²) in [5.74, 6) is 1.11. The van der Waals surface area contributed by atoms with Gasteiger partial charge in [-0.3, -0.25) is 4.79 Å². The summed E-state index contributed by atoms with van der Waals surface area (Å²) in [5, 5.41) is 3.90. The van der Waals surface area contributed by atoms with Crippen LogP contribution in [0.25, 0.3) is 0 Å². The van der Waals surface area contributed by atoms with Gasteiger partial charge in [0, 0.05) is 13.0 Å². The number of aromatic nitrogens is 1. The van der Waals surface area contributed by atoms with Crippen LogP contribution in [0.1, 0.15) is 31.5 Å². The maximum Gasteiger partial charge on any atom is 0.263 e. The minimum absolute atomic E-state index is 0.125. The lowest BCUT2D eigenvalue weighted by Gasteiger charge is -2.12. The van der Waals surface area contributed by atoms with Gasteiger partial charge in [-0.1, -0.05) is 30.3 Å². The van der Waals surface area contributed by atoms with Gasteiger partial charge in [-0.05, 0) is 46.1 Å². The molecule has 0 aliphatic rings. The third kappa shape index (κ3) is 4.72. The van der Waals surface area contributed by atoms with Crippen molar-refractivity contribution in [3.05, 3.63) is 73.6 Å². The first-order chi connectivity index (χ1) is 13.5. The summed E-state index contributed by atoms with van der Waals surface area (Å²) in [6.07, 6.45) is 0.724. The second kappa shape index (κ2) is 9.21. The lowest BCUT2D eigenvalue weighted by molar-refractivity contribution is 0.0954. The third-order valence-electron chi connectivity index (χ3n) is 4.19. The molecular formula is C21H21BrN2O3S. The van der Waals surface area contributed by atoms with Crippen LogP contribution in [0.15, 0.2) is 46.9 Å². The molecule has 0 fully saturated rings. The predicted octanol–water partition coefficient (Wildman–Crippen LogP) is 4.75. The fourth-order valence-electron chi connectivity index (χ4n) is 2.85. The van der Waals surface area contributed by atoms with Crippen molar-refractivity contribution in [3.63, 3.8) is 0 Å². The molecule has 2 aromatic carbocycles. The Bertz CT molecular complexity index is 973. The van der Waals surface area contributed by atoms with E-state index in [1.165, 1.54) is 16.9 Å². The number of ether oxygens (including phenoxy) is 2. The number of aryl methyl sites for hydroxylation is 1. The normalized spacial score (nSPS) is 10.6. The number of methoxy groups -OCH3 is 2. The molecular weight excluding hydrogens is 440 g/mol. The van der Waals surface area contributed by atoms with Crippen molar-refractivity contribution in [2.45, 2.75) is 19.9 Å². The topological polar surface area (TPSA) is 60.5 Å². The van der Waals surface area contributed by atoms with Crippen molar-refractivity contribution >= 4 is 33.2 Å². The molecule has 0 spiro atoms. The van der Waals surface area contributed by atoms with Crippen molar-refractivity contribution in [2.24, 2.45) is 0 Å². The van der Waals surface area contributed by atoms with Crippen LogP contribution < -0.4 is 14.8 Å². The Kier molecular flexibility index (Phi) is 6.70. The van der Waals surface area contributed by atoms with Crippen molar-refractivity contribution < 1.29 is 14.3 Å². The smallest absolute Gasteiger partial charge is 0.263 e. The number of hydrogen-bond acceptors (Lipinski definition) is 5. The fourth-order valence-corrected chi connectivity index (χ4v) is 4.51. The lowest BCUT2D eigenvalue weighted by atomic mass is 10.2. The van der Waals surface area contributed by atoms with Crippen LogP contribution in [0.3, 0.4) is 0 Å². The van der Waals surface area contributed by atoms with E-state index >= 15 is 0 Å². The van der Waals surface area contributed by atoms with E-state index in [1.807, 2.05) is 37.3 Å². The van der Waals surface area contributed by atoms with Gasteiger partial charge in [-0.25, -0.2) is 4.98 Å². The molecule has 28 heavy (non-hydrogen) atoms. The number of carbonyl (C=O) groups is 1. The highest BCUT2D eigenvalue weighted by Crippen LogP contribution is 2.36. The van der Waals surface area contributed by atoms with Crippen LogP contribution in [0.4, 0.5) is 0 Å². The number of nitrogens with one attached hydrogen (secondary N) is 1. The van der Waals surface area contributed by atoms with Gasteiger partial charge in [-0.15, -0.1) is 11.3 Å². The molecule has 0 bridgehead atoms. The number of hydrogen-bond donors (Lipinski definition) is 1. The minimum atomic E-state index is -0.125. The molecule has 0 aliphatic heterocycles. The molecule has 0 saturated heterocycles. The fraction of sp³-hybridized carbons (Fsp3) is 0.238. The highest BCUT2D eigenvalue weighted by atomic mass is 79.9. The van der Waals surface area contributed by atoms with E-state index in [0.29, 0.717) is 22.9 Å². The number of amides is 1. The molecule has 3 rings (SSSR count). The minimum Gasteiger partial charge on any atom is -0.493 e. The van der Waals surface area contributed by atoms with Crippen LogP contribution in [0, 0.1) is 6.92 Å². The maximum absolute atomic E-state index is 12.7. The second-order valence-corrected chi connectivity index (χ2v) is 8.12. The maximum atomic E-state index is 12.7. The van der Waals surface area contributed by atoms with Crippen molar-refractivity contribution in [3.8, 4) is 11.5 Å². The van der Waals surface area contributed by atoms with Gasteiger partial charge in [0.25, 0.3) is 5.91 Å². The molecule has 3 aromatic rings. The first-order valence-corrected chi connectivity index (χ1v) is 10.3. The van der Waals surface area contributed by atoms with Crippen molar-refractivity contribution in [2.75, 3.05) is 14.2 Å². The second-order valence-electron chi connectivity index (χ2n) is 6.18. The summed E-state index contributed by atoms with van der Waals surface area (Å²) in [7, 11) is 3.17. The van der Waals surface area contributed by atoms with Gasteiger partial charge in [0.2, 0.25) is 0 Å². The molecule has 1 heterocycles. The summed E-state index contributed by atoms with van der Waals surface area (Å²) in [6, 6.07) is 13.9. The Hall–Kier alpha value is -2.38. The van der Waals surface area contributed by atoms with E-state index in [2.05, 4.69) is 38.4 Å². The quantitative estimate of drug-likeness (QED) is 0.552. The Morgan fingerprint density at radius 1 is 1.14 bits per heavy atom. The first kappa shape index (κ1) is 20.4. The van der Waals surface area contributed by atoms with E-state index in [-0.39, 0.29) is 5.91 Å². The van der Waals surface area contributed by atoms with Gasteiger partial charge >= 0.3 is 0 Å². The van der Waals surface area contributed by atoms with E-state index in [9.17, 15) is 4.79 Å². The summed E-state index contributed by atoms with van der Waals surface area (Å²) in [6.45, 7) is 2.25. The molecule has 1 aromatic heterocycles. The molecule has 0 atom stereocenters. The monoisotopic (exact) mass is 460 g/mol. The number of rotatable bonds is 7. The van der Waals surface area contributed by atoms with Crippen molar-refractivity contribution in [1.29, 1.82) is 0 Å². The third-order valence-corrected chi connectivity index (χ3v) is 5.94. The zero-order valence-electron chi connectivity index (χ0n) is 15.9. The number of carbonyl (C=O) groups excluding carboxylic acids is 1. The summed E-state index contributed by atoms with van der Waals surface area (Å²) < 4.78 is 11.4. The highest BCUT2D eigenvalue weighted by molar-refractivity contribution is 9.10. The average Bonchev–Trinajstić information content (AvgIpc) is 3.06. The largest absolute Gasteiger partial charge is 0.493 e. The number of benzene rings is 2. The zero-order valence-corrected chi connectivity index (χ0v) is 18.3. The molecule has 0 saturated carbocycles. The highest BCUT2D eigenvalue weighted by Gasteiger charge is 2.16. The van der Waals surface area contributed by atoms with Gasteiger partial charge in [0.1, 0.15) is 4.88 Å². The summed E-state index contributed by atoms with van der Waals surface area (Å²) in [4.78, 5) is 17.9. The molecule has 0 unspecified atom stereocenters. The van der Waals surface area contributed by atoms with E-state index in [1.54, 1.807) is 14.2 Å². The number of nitrogens with zero attached hydrogens (tertiary/aromatic N) is 1. The Labute approximate surface area is 176 Å². The van der Waals surface area contributed by atoms with E-state index in [4.69, 9.17) is 9.47 Å². The van der Waals surface area contributed by atoms with Gasteiger partial charge in [-0.2, -0.15) is 0 Å². The number of thiazole rings is 1. The van der Waals surface area contributed by atoms with Gasteiger partial charge in [0.15, 0.2) is 11.5 Å². The van der Waals surface area contributed by atoms with Crippen LogP contribution in [0.5, 0.6) is 11.5 Å². The predicted molar refractivity (Wildman–Crippen MR) is 115 cm³/mol. The Morgan fingerprint density at radius 3 is 2.57 bits per heavy atom. The summed E-state index contributed by atoms with van der Waals surface area (Å²) in [5.41, 5.74) is 2.84. The Morgan fingerprint density at radius 2 is 1.89 bits per heavy atom. The molecule has 7 heteroatoms. The molecule has 1 N–H and O–H groups in total. The average molecular weight is 461 g/mol. The molecule has 146 valence electrons. The Balaban J connectivity index is 1.69. The lowest BCUT2D eigenvalue weighted by Crippen LogP contribution is -2.22.